The van der Waals surface area contributed by atoms with Crippen molar-refractivity contribution >= 4 is 23.0 Å². The van der Waals surface area contributed by atoms with Crippen LogP contribution in [0, 0.1) is 0 Å². The molecule has 0 aromatic carbocycles. The number of hydrogen-bond acceptors (Lipinski definition) is 4. The predicted molar refractivity (Wildman–Crippen MR) is 73.6 cm³/mol. The smallest absolute Gasteiger partial charge is 0.410 e. The molecule has 0 aromatic heterocycles. The Morgan fingerprint density at radius 3 is 2.89 bits per heavy atom. The number of likely N-dealkylation sites (tertiary alicyclic amines) is 1. The lowest BCUT2D eigenvalue weighted by molar-refractivity contribution is -0.119. The lowest BCUT2D eigenvalue weighted by Gasteiger charge is -2.32. The summed E-state index contributed by atoms with van der Waals surface area (Å²) in [5.74, 6) is 0.796. The molecule has 0 bridgehead atoms. The second kappa shape index (κ2) is 6.83. The number of carbonyl (C=O) groups excluding carboxylic acids is 2. The Morgan fingerprint density at radius 2 is 2.28 bits per heavy atom. The third-order valence-corrected chi connectivity index (χ3v) is 4.38. The largest absolute Gasteiger partial charge is 0.445 e. The van der Waals surface area contributed by atoms with E-state index >= 15 is 0 Å². The van der Waals surface area contributed by atoms with Crippen molar-refractivity contribution in [3.8, 4) is 0 Å². The Kier molecular flexibility index (Phi) is 5.72. The second-order valence-electron chi connectivity index (χ2n) is 4.53. The number of ether oxygens (including phenoxy) is 1. The van der Waals surface area contributed by atoms with E-state index < -0.39 is 11.6 Å². The van der Waals surface area contributed by atoms with Crippen molar-refractivity contribution < 1.29 is 14.3 Å². The van der Waals surface area contributed by atoms with E-state index in [0.717, 1.165) is 18.6 Å². The van der Waals surface area contributed by atoms with Crippen LogP contribution in [0.25, 0.3) is 0 Å². The Labute approximate surface area is 113 Å². The molecule has 4 nitrogen and oxygen atoms in total. The monoisotopic (exact) mass is 271 g/mol. The predicted octanol–water partition coefficient (Wildman–Crippen LogP) is 2.83. The van der Waals surface area contributed by atoms with E-state index in [4.69, 9.17) is 4.74 Å². The van der Waals surface area contributed by atoms with Gasteiger partial charge in [0.2, 0.25) is 5.12 Å². The van der Waals surface area contributed by atoms with Crippen LogP contribution in [-0.2, 0) is 9.53 Å². The maximum atomic E-state index is 12.2. The van der Waals surface area contributed by atoms with E-state index in [1.54, 1.807) is 4.90 Å². The van der Waals surface area contributed by atoms with Crippen molar-refractivity contribution in [2.24, 2.45) is 0 Å². The summed E-state index contributed by atoms with van der Waals surface area (Å²) >= 11 is 1.31. The van der Waals surface area contributed by atoms with E-state index in [1.165, 1.54) is 17.8 Å². The van der Waals surface area contributed by atoms with Crippen LogP contribution in [0.15, 0.2) is 12.7 Å². The molecule has 0 aliphatic carbocycles. The van der Waals surface area contributed by atoms with Gasteiger partial charge in [-0.25, -0.2) is 4.79 Å². The second-order valence-corrected chi connectivity index (χ2v) is 5.60. The van der Waals surface area contributed by atoms with Gasteiger partial charge in [-0.15, -0.1) is 0 Å². The van der Waals surface area contributed by atoms with Crippen LogP contribution in [0.5, 0.6) is 0 Å². The maximum absolute atomic E-state index is 12.2. The van der Waals surface area contributed by atoms with Gasteiger partial charge in [-0.05, 0) is 26.2 Å². The van der Waals surface area contributed by atoms with Crippen LogP contribution in [0.2, 0.25) is 0 Å². The third-order valence-electron chi connectivity index (χ3n) is 3.06. The Balaban J connectivity index is 2.69. The summed E-state index contributed by atoms with van der Waals surface area (Å²) in [6.07, 6.45) is 3.62. The summed E-state index contributed by atoms with van der Waals surface area (Å²) in [6, 6.07) is 0. The average molecular weight is 271 g/mol. The van der Waals surface area contributed by atoms with Gasteiger partial charge in [-0.1, -0.05) is 31.3 Å². The molecule has 102 valence electrons. The molecule has 0 N–H and O–H groups in total. The van der Waals surface area contributed by atoms with Gasteiger partial charge < -0.3 is 4.74 Å². The zero-order valence-electron chi connectivity index (χ0n) is 11.1. The number of amides is 1. The zero-order chi connectivity index (χ0) is 13.6. The van der Waals surface area contributed by atoms with Gasteiger partial charge in [0.05, 0.1) is 0 Å². The first-order valence-electron chi connectivity index (χ1n) is 6.28. The highest BCUT2D eigenvalue weighted by Gasteiger charge is 2.46. The molecule has 0 saturated carbocycles. The van der Waals surface area contributed by atoms with E-state index in [2.05, 4.69) is 6.58 Å². The Morgan fingerprint density at radius 1 is 1.56 bits per heavy atom. The molecule has 1 heterocycles. The first kappa shape index (κ1) is 15.1. The average Bonchev–Trinajstić information content (AvgIpc) is 2.76. The first-order valence-corrected chi connectivity index (χ1v) is 7.27. The van der Waals surface area contributed by atoms with Gasteiger partial charge in [-0.3, -0.25) is 9.69 Å². The molecule has 5 heteroatoms. The third kappa shape index (κ3) is 3.28. The number of hydrogen-bond donors (Lipinski definition) is 0. The summed E-state index contributed by atoms with van der Waals surface area (Å²) in [5.41, 5.74) is -0.710. The highest BCUT2D eigenvalue weighted by Crippen LogP contribution is 2.34. The Bertz CT molecular complexity index is 332. The minimum absolute atomic E-state index is 0.0670. The maximum Gasteiger partial charge on any atom is 0.410 e. The number of rotatable bonds is 5. The molecule has 1 amide bonds. The van der Waals surface area contributed by atoms with Gasteiger partial charge in [0, 0.05) is 12.3 Å². The van der Waals surface area contributed by atoms with Crippen molar-refractivity contribution in [2.75, 3.05) is 18.9 Å². The van der Waals surface area contributed by atoms with Gasteiger partial charge >= 0.3 is 6.09 Å². The fourth-order valence-electron chi connectivity index (χ4n) is 2.03. The van der Waals surface area contributed by atoms with Gasteiger partial charge in [0.15, 0.2) is 0 Å². The van der Waals surface area contributed by atoms with E-state index in [1.807, 2.05) is 13.8 Å². The van der Waals surface area contributed by atoms with E-state index in [0.29, 0.717) is 13.0 Å². The molecule has 1 fully saturated rings. The van der Waals surface area contributed by atoms with Crippen molar-refractivity contribution in [2.45, 2.75) is 38.6 Å². The van der Waals surface area contributed by atoms with Crippen molar-refractivity contribution in [1.29, 1.82) is 0 Å². The molecule has 18 heavy (non-hydrogen) atoms. The van der Waals surface area contributed by atoms with E-state index in [9.17, 15) is 9.59 Å². The quantitative estimate of drug-likeness (QED) is 0.721. The molecule has 0 radical (unpaired) electrons. The van der Waals surface area contributed by atoms with Crippen molar-refractivity contribution in [1.82, 2.24) is 4.90 Å². The summed E-state index contributed by atoms with van der Waals surface area (Å²) in [4.78, 5) is 25.7. The van der Waals surface area contributed by atoms with Crippen molar-refractivity contribution in [3.63, 3.8) is 0 Å². The summed E-state index contributed by atoms with van der Waals surface area (Å²) in [5, 5.41) is 0.0670. The number of nitrogens with zero attached hydrogens (tertiary/aromatic N) is 1. The van der Waals surface area contributed by atoms with Crippen LogP contribution in [0.3, 0.4) is 0 Å². The molecule has 1 rings (SSSR count). The first-order chi connectivity index (χ1) is 8.56. The summed E-state index contributed by atoms with van der Waals surface area (Å²) in [6.45, 7) is 8.14. The standard InChI is InChI=1S/C13H21NO3S/c1-4-9-17-12(16)14-8-6-7-13(14,3)11(15)18-10-5-2/h4H,1,5-10H2,2-3H3. The van der Waals surface area contributed by atoms with Gasteiger partial charge in [0.1, 0.15) is 12.1 Å². The summed E-state index contributed by atoms with van der Waals surface area (Å²) < 4.78 is 5.03. The number of carbonyl (C=O) groups is 2. The van der Waals surface area contributed by atoms with Crippen LogP contribution < -0.4 is 0 Å². The zero-order valence-corrected chi connectivity index (χ0v) is 11.9. The topological polar surface area (TPSA) is 46.6 Å². The molecule has 1 aliphatic heterocycles. The fourth-order valence-corrected chi connectivity index (χ4v) is 2.94. The molecule has 1 aliphatic rings. The van der Waals surface area contributed by atoms with E-state index in [-0.39, 0.29) is 11.7 Å². The molecule has 0 spiro atoms. The normalized spacial score (nSPS) is 22.9. The molecule has 1 atom stereocenters. The van der Waals surface area contributed by atoms with Crippen LogP contribution in [0.1, 0.15) is 33.1 Å². The van der Waals surface area contributed by atoms with Crippen LogP contribution in [0.4, 0.5) is 4.79 Å². The fraction of sp³-hybridized carbons (Fsp3) is 0.692. The Hall–Kier alpha value is -0.970. The molecular formula is C13H21NO3S. The SMILES string of the molecule is C=CCOC(=O)N1CCCC1(C)C(=O)SCCC. The van der Waals surface area contributed by atoms with Gasteiger partial charge in [0.25, 0.3) is 0 Å². The van der Waals surface area contributed by atoms with Crippen LogP contribution in [-0.4, -0.2) is 40.6 Å². The summed E-state index contributed by atoms with van der Waals surface area (Å²) in [7, 11) is 0. The minimum Gasteiger partial charge on any atom is -0.445 e. The molecule has 1 saturated heterocycles. The lowest BCUT2D eigenvalue weighted by Crippen LogP contribution is -2.50. The number of thioether (sulfide) groups is 1. The highest BCUT2D eigenvalue weighted by molar-refractivity contribution is 8.13. The minimum atomic E-state index is -0.710. The van der Waals surface area contributed by atoms with Gasteiger partial charge in [-0.2, -0.15) is 0 Å². The highest BCUT2D eigenvalue weighted by atomic mass is 32.2. The lowest BCUT2D eigenvalue weighted by atomic mass is 10.0. The van der Waals surface area contributed by atoms with Crippen LogP contribution >= 0.6 is 11.8 Å². The molecule has 0 aromatic rings. The molecule has 1 unspecified atom stereocenters. The van der Waals surface area contributed by atoms with Crippen molar-refractivity contribution in [3.05, 3.63) is 12.7 Å². The molecular weight excluding hydrogens is 250 g/mol.